The molecule has 0 fully saturated rings. The normalized spacial score (nSPS) is 11.6. The first-order valence-electron chi connectivity index (χ1n) is 6.07. The molecule has 2 N–H and O–H groups in total. The van der Waals surface area contributed by atoms with Gasteiger partial charge in [0.25, 0.3) is 10.0 Å². The summed E-state index contributed by atoms with van der Waals surface area (Å²) < 4.78 is 41.7. The lowest BCUT2D eigenvalue weighted by atomic mass is 10.3. The Labute approximate surface area is 130 Å². The second kappa shape index (κ2) is 6.54. The molecular weight excluding hydrogens is 363 g/mol. The number of nitrogens with one attached hydrogen (secondary N) is 2. The van der Waals surface area contributed by atoms with Crippen molar-refractivity contribution in [3.8, 4) is 0 Å². The first-order valence-corrected chi connectivity index (χ1v) is 8.35. The largest absolute Gasteiger partial charge is 0.318 e. The molecule has 2 rings (SSSR count). The SMILES string of the molecule is CNCCn1cc(S(=O)(=O)Nc2ccc(F)cc2Br)cn1. The molecule has 0 radical (unpaired) electrons. The summed E-state index contributed by atoms with van der Waals surface area (Å²) in [6, 6.07) is 3.72. The molecule has 9 heteroatoms. The van der Waals surface area contributed by atoms with Crippen LogP contribution in [0.4, 0.5) is 10.1 Å². The summed E-state index contributed by atoms with van der Waals surface area (Å²) in [6.45, 7) is 1.24. The van der Waals surface area contributed by atoms with Gasteiger partial charge in [-0.25, -0.2) is 12.8 Å². The molecule has 0 bridgehead atoms. The first kappa shape index (κ1) is 15.9. The Morgan fingerprint density at radius 1 is 1.43 bits per heavy atom. The fraction of sp³-hybridized carbons (Fsp3) is 0.250. The van der Waals surface area contributed by atoms with Crippen LogP contribution in [0.25, 0.3) is 0 Å². The Morgan fingerprint density at radius 2 is 2.19 bits per heavy atom. The van der Waals surface area contributed by atoms with Gasteiger partial charge in [0.2, 0.25) is 0 Å². The van der Waals surface area contributed by atoms with E-state index in [2.05, 4.69) is 31.1 Å². The van der Waals surface area contributed by atoms with Crippen LogP contribution in [0.2, 0.25) is 0 Å². The number of likely N-dealkylation sites (N-methyl/N-ethyl adjacent to an activating group) is 1. The minimum atomic E-state index is -3.76. The third-order valence-corrected chi connectivity index (χ3v) is 4.66. The number of sulfonamides is 1. The Balaban J connectivity index is 2.19. The molecule has 0 amide bonds. The molecule has 2 aromatic rings. The summed E-state index contributed by atoms with van der Waals surface area (Å²) in [7, 11) is -1.96. The van der Waals surface area contributed by atoms with Crippen molar-refractivity contribution in [1.29, 1.82) is 0 Å². The van der Waals surface area contributed by atoms with Crippen LogP contribution in [0.15, 0.2) is 40.0 Å². The van der Waals surface area contributed by atoms with E-state index in [1.54, 1.807) is 7.05 Å². The van der Waals surface area contributed by atoms with Gasteiger partial charge in [-0.15, -0.1) is 0 Å². The monoisotopic (exact) mass is 376 g/mol. The van der Waals surface area contributed by atoms with Gasteiger partial charge in [-0.1, -0.05) is 0 Å². The second-order valence-electron chi connectivity index (χ2n) is 4.27. The molecular formula is C12H14BrFN4O2S. The number of hydrogen-bond donors (Lipinski definition) is 2. The molecule has 0 atom stereocenters. The average molecular weight is 377 g/mol. The summed E-state index contributed by atoms with van der Waals surface area (Å²) in [5, 5.41) is 6.93. The fourth-order valence-corrected chi connectivity index (χ4v) is 3.22. The molecule has 0 aliphatic heterocycles. The number of nitrogens with zero attached hydrogens (tertiary/aromatic N) is 2. The van der Waals surface area contributed by atoms with Crippen molar-refractivity contribution in [1.82, 2.24) is 15.1 Å². The molecule has 1 heterocycles. The molecule has 6 nitrogen and oxygen atoms in total. The Morgan fingerprint density at radius 3 is 2.86 bits per heavy atom. The zero-order valence-corrected chi connectivity index (χ0v) is 13.6. The van der Waals surface area contributed by atoms with E-state index in [1.807, 2.05) is 0 Å². The Hall–Kier alpha value is -1.45. The summed E-state index contributed by atoms with van der Waals surface area (Å²) in [6.07, 6.45) is 2.71. The highest BCUT2D eigenvalue weighted by atomic mass is 79.9. The summed E-state index contributed by atoms with van der Waals surface area (Å²) in [5.41, 5.74) is 0.263. The zero-order valence-electron chi connectivity index (χ0n) is 11.2. The minimum absolute atomic E-state index is 0.0508. The third kappa shape index (κ3) is 4.02. The molecule has 0 aliphatic carbocycles. The smallest absolute Gasteiger partial charge is 0.265 e. The Bertz CT molecular complexity index is 733. The van der Waals surface area contributed by atoms with Gasteiger partial charge in [-0.2, -0.15) is 5.10 Å². The summed E-state index contributed by atoms with van der Waals surface area (Å²) in [4.78, 5) is 0.0508. The summed E-state index contributed by atoms with van der Waals surface area (Å²) >= 11 is 3.12. The van der Waals surface area contributed by atoms with Gasteiger partial charge >= 0.3 is 0 Å². The van der Waals surface area contributed by atoms with E-state index in [0.29, 0.717) is 17.6 Å². The molecule has 0 unspecified atom stereocenters. The number of hydrogen-bond acceptors (Lipinski definition) is 4. The molecule has 0 saturated heterocycles. The second-order valence-corrected chi connectivity index (χ2v) is 6.81. The van der Waals surface area contributed by atoms with Gasteiger partial charge in [0, 0.05) is 17.2 Å². The van der Waals surface area contributed by atoms with E-state index in [4.69, 9.17) is 0 Å². The lowest BCUT2D eigenvalue weighted by Crippen LogP contribution is -2.15. The molecule has 1 aromatic heterocycles. The zero-order chi connectivity index (χ0) is 15.5. The molecule has 21 heavy (non-hydrogen) atoms. The predicted molar refractivity (Wildman–Crippen MR) is 81.1 cm³/mol. The van der Waals surface area contributed by atoms with Crippen molar-refractivity contribution in [3.63, 3.8) is 0 Å². The minimum Gasteiger partial charge on any atom is -0.318 e. The van der Waals surface area contributed by atoms with E-state index in [1.165, 1.54) is 35.3 Å². The van der Waals surface area contributed by atoms with Crippen molar-refractivity contribution in [2.24, 2.45) is 0 Å². The molecule has 1 aromatic carbocycles. The van der Waals surface area contributed by atoms with Crippen LogP contribution >= 0.6 is 15.9 Å². The van der Waals surface area contributed by atoms with Crippen LogP contribution in [-0.2, 0) is 16.6 Å². The maximum Gasteiger partial charge on any atom is 0.265 e. The molecule has 114 valence electrons. The quantitative estimate of drug-likeness (QED) is 0.805. The number of aromatic nitrogens is 2. The molecule has 0 saturated carbocycles. The lowest BCUT2D eigenvalue weighted by molar-refractivity contribution is 0.582. The van der Waals surface area contributed by atoms with Crippen LogP contribution < -0.4 is 10.0 Å². The standard InChI is InChI=1S/C12H14BrFN4O2S/c1-15-4-5-18-8-10(7-16-18)21(19,20)17-12-3-2-9(14)6-11(12)13/h2-3,6-8,15,17H,4-5H2,1H3. The van der Waals surface area contributed by atoms with Gasteiger partial charge < -0.3 is 5.32 Å². The van der Waals surface area contributed by atoms with Gasteiger partial charge in [0.05, 0.1) is 18.4 Å². The summed E-state index contributed by atoms with van der Waals surface area (Å²) in [5.74, 6) is -0.454. The highest BCUT2D eigenvalue weighted by Crippen LogP contribution is 2.25. The van der Waals surface area contributed by atoms with E-state index < -0.39 is 15.8 Å². The van der Waals surface area contributed by atoms with Crippen LogP contribution in [-0.4, -0.2) is 31.8 Å². The number of benzene rings is 1. The first-order chi connectivity index (χ1) is 9.92. The predicted octanol–water partition coefficient (Wildman–Crippen LogP) is 1.80. The number of anilines is 1. The Kier molecular flexibility index (Phi) is 4.96. The van der Waals surface area contributed by atoms with Crippen molar-refractivity contribution < 1.29 is 12.8 Å². The van der Waals surface area contributed by atoms with Crippen LogP contribution in [0.5, 0.6) is 0 Å². The maximum absolute atomic E-state index is 13.0. The van der Waals surface area contributed by atoms with E-state index in [0.717, 1.165) is 0 Å². The molecule has 0 spiro atoms. The van der Waals surface area contributed by atoms with Gasteiger partial charge in [-0.05, 0) is 41.2 Å². The topological polar surface area (TPSA) is 76.0 Å². The van der Waals surface area contributed by atoms with Crippen molar-refractivity contribution in [2.45, 2.75) is 11.4 Å². The van der Waals surface area contributed by atoms with Gasteiger partial charge in [-0.3, -0.25) is 9.40 Å². The van der Waals surface area contributed by atoms with Gasteiger partial charge in [0.1, 0.15) is 10.7 Å². The van der Waals surface area contributed by atoms with Crippen molar-refractivity contribution >= 4 is 31.6 Å². The van der Waals surface area contributed by atoms with Crippen molar-refractivity contribution in [2.75, 3.05) is 18.3 Å². The van der Waals surface area contributed by atoms with Gasteiger partial charge in [0.15, 0.2) is 0 Å². The van der Waals surface area contributed by atoms with Crippen LogP contribution in [0.1, 0.15) is 0 Å². The van der Waals surface area contributed by atoms with E-state index >= 15 is 0 Å². The third-order valence-electron chi connectivity index (χ3n) is 2.69. The average Bonchev–Trinajstić information content (AvgIpc) is 2.89. The fourth-order valence-electron chi connectivity index (χ4n) is 1.61. The highest BCUT2D eigenvalue weighted by molar-refractivity contribution is 9.10. The molecule has 0 aliphatic rings. The van der Waals surface area contributed by atoms with Crippen LogP contribution in [0, 0.1) is 5.82 Å². The lowest BCUT2D eigenvalue weighted by Gasteiger charge is -2.08. The maximum atomic E-state index is 13.0. The highest BCUT2D eigenvalue weighted by Gasteiger charge is 2.18. The van der Waals surface area contributed by atoms with E-state index in [9.17, 15) is 12.8 Å². The van der Waals surface area contributed by atoms with Crippen LogP contribution in [0.3, 0.4) is 0 Å². The number of rotatable bonds is 6. The number of halogens is 2. The van der Waals surface area contributed by atoms with E-state index in [-0.39, 0.29) is 10.6 Å². The van der Waals surface area contributed by atoms with Crippen molar-refractivity contribution in [3.05, 3.63) is 40.9 Å².